The zero-order chi connectivity index (χ0) is 14.9. The highest BCUT2D eigenvalue weighted by molar-refractivity contribution is 6.29. The predicted molar refractivity (Wildman–Crippen MR) is 82.2 cm³/mol. The molecule has 0 N–H and O–H groups in total. The number of hydrogen-bond acceptors (Lipinski definition) is 2. The van der Waals surface area contributed by atoms with Crippen molar-refractivity contribution in [2.75, 3.05) is 13.1 Å². The molecule has 0 aliphatic carbocycles. The molecule has 1 saturated heterocycles. The van der Waals surface area contributed by atoms with Crippen molar-refractivity contribution in [3.63, 3.8) is 0 Å². The van der Waals surface area contributed by atoms with Crippen LogP contribution in [0.2, 0.25) is 5.15 Å². The molecule has 1 aliphatic heterocycles. The fraction of sp³-hybridized carbons (Fsp3) is 0.625. The second-order valence-electron chi connectivity index (χ2n) is 6.30. The summed E-state index contributed by atoms with van der Waals surface area (Å²) in [6.07, 6.45) is 1.10. The van der Waals surface area contributed by atoms with Gasteiger partial charge in [-0.15, -0.1) is 0 Å². The van der Waals surface area contributed by atoms with Gasteiger partial charge in [-0.3, -0.25) is 4.79 Å². The zero-order valence-corrected chi connectivity index (χ0v) is 13.4. The number of carbonyl (C=O) groups excluding carboxylic acids is 1. The zero-order valence-electron chi connectivity index (χ0n) is 12.7. The number of hydrogen-bond donors (Lipinski definition) is 0. The molecule has 0 bridgehead atoms. The van der Waals surface area contributed by atoms with E-state index in [-0.39, 0.29) is 11.8 Å². The summed E-state index contributed by atoms with van der Waals surface area (Å²) in [6.45, 7) is 10.2. The first-order valence-corrected chi connectivity index (χ1v) is 7.73. The van der Waals surface area contributed by atoms with E-state index in [2.05, 4.69) is 32.7 Å². The van der Waals surface area contributed by atoms with Gasteiger partial charge in [0.15, 0.2) is 0 Å². The fourth-order valence-corrected chi connectivity index (χ4v) is 2.85. The Morgan fingerprint density at radius 2 is 2.05 bits per heavy atom. The number of carbonyl (C=O) groups is 1. The summed E-state index contributed by atoms with van der Waals surface area (Å²) in [6, 6.07) is 3.56. The molecule has 1 aromatic heterocycles. The third-order valence-electron chi connectivity index (χ3n) is 4.11. The van der Waals surface area contributed by atoms with Crippen molar-refractivity contribution < 1.29 is 4.79 Å². The molecule has 0 radical (unpaired) electrons. The highest BCUT2D eigenvalue weighted by Gasteiger charge is 2.29. The first-order valence-electron chi connectivity index (χ1n) is 7.35. The molecular weight excluding hydrogens is 272 g/mol. The first kappa shape index (κ1) is 15.3. The molecule has 2 heterocycles. The molecule has 20 heavy (non-hydrogen) atoms. The molecule has 0 saturated carbocycles. The SMILES string of the molecule is CC(C)c1cc(C(=O)N2CCC(C(C)C)C2)cc(Cl)n1. The van der Waals surface area contributed by atoms with Crippen LogP contribution in [-0.4, -0.2) is 28.9 Å². The van der Waals surface area contributed by atoms with Crippen LogP contribution in [0.5, 0.6) is 0 Å². The monoisotopic (exact) mass is 294 g/mol. The number of aromatic nitrogens is 1. The lowest BCUT2D eigenvalue weighted by molar-refractivity contribution is 0.0784. The van der Waals surface area contributed by atoms with Gasteiger partial charge < -0.3 is 4.90 Å². The predicted octanol–water partition coefficient (Wildman–Crippen LogP) is 3.98. The molecule has 1 amide bonds. The van der Waals surface area contributed by atoms with Crippen LogP contribution in [0.3, 0.4) is 0 Å². The first-order chi connectivity index (χ1) is 9.38. The van der Waals surface area contributed by atoms with Crippen molar-refractivity contribution in [2.45, 2.75) is 40.0 Å². The average Bonchev–Trinajstić information content (AvgIpc) is 2.86. The Morgan fingerprint density at radius 1 is 1.35 bits per heavy atom. The van der Waals surface area contributed by atoms with Crippen LogP contribution in [0.1, 0.15) is 56.1 Å². The van der Waals surface area contributed by atoms with Crippen molar-refractivity contribution in [3.05, 3.63) is 28.5 Å². The van der Waals surface area contributed by atoms with Crippen LogP contribution in [-0.2, 0) is 0 Å². The van der Waals surface area contributed by atoms with Crippen molar-refractivity contribution in [2.24, 2.45) is 11.8 Å². The van der Waals surface area contributed by atoms with E-state index in [0.29, 0.717) is 22.6 Å². The molecule has 0 spiro atoms. The van der Waals surface area contributed by atoms with Crippen LogP contribution >= 0.6 is 11.6 Å². The van der Waals surface area contributed by atoms with Gasteiger partial charge in [0.1, 0.15) is 5.15 Å². The Morgan fingerprint density at radius 3 is 2.60 bits per heavy atom. The number of nitrogens with zero attached hydrogens (tertiary/aromatic N) is 2. The number of rotatable bonds is 3. The normalized spacial score (nSPS) is 19.1. The Kier molecular flexibility index (Phi) is 4.69. The molecule has 1 aliphatic rings. The third-order valence-corrected chi connectivity index (χ3v) is 4.30. The lowest BCUT2D eigenvalue weighted by Crippen LogP contribution is -2.29. The minimum absolute atomic E-state index is 0.0827. The maximum absolute atomic E-state index is 12.6. The van der Waals surface area contributed by atoms with E-state index in [1.807, 2.05) is 11.0 Å². The van der Waals surface area contributed by atoms with Gasteiger partial charge in [-0.05, 0) is 36.3 Å². The highest BCUT2D eigenvalue weighted by atomic mass is 35.5. The van der Waals surface area contributed by atoms with Gasteiger partial charge in [0.05, 0.1) is 0 Å². The molecule has 1 unspecified atom stereocenters. The van der Waals surface area contributed by atoms with Crippen LogP contribution < -0.4 is 0 Å². The van der Waals surface area contributed by atoms with E-state index < -0.39 is 0 Å². The lowest BCUT2D eigenvalue weighted by Gasteiger charge is -2.19. The fourth-order valence-electron chi connectivity index (χ4n) is 2.63. The van der Waals surface area contributed by atoms with Gasteiger partial charge in [-0.25, -0.2) is 4.98 Å². The van der Waals surface area contributed by atoms with Crippen LogP contribution in [0, 0.1) is 11.8 Å². The molecular formula is C16H23ClN2O. The Hall–Kier alpha value is -1.09. The molecule has 3 nitrogen and oxygen atoms in total. The van der Waals surface area contributed by atoms with Gasteiger partial charge in [-0.2, -0.15) is 0 Å². The van der Waals surface area contributed by atoms with Gasteiger partial charge in [0.25, 0.3) is 5.91 Å². The number of pyridine rings is 1. The molecule has 110 valence electrons. The summed E-state index contributed by atoms with van der Waals surface area (Å²) in [5.74, 6) is 1.59. The summed E-state index contributed by atoms with van der Waals surface area (Å²) >= 11 is 6.04. The van der Waals surface area contributed by atoms with E-state index >= 15 is 0 Å². The van der Waals surface area contributed by atoms with Gasteiger partial charge in [0.2, 0.25) is 0 Å². The number of amides is 1. The van der Waals surface area contributed by atoms with E-state index in [1.54, 1.807) is 6.07 Å². The average molecular weight is 295 g/mol. The van der Waals surface area contributed by atoms with Crippen LogP contribution in [0.15, 0.2) is 12.1 Å². The topological polar surface area (TPSA) is 33.2 Å². The number of halogens is 1. The summed E-state index contributed by atoms with van der Waals surface area (Å²) in [4.78, 5) is 18.8. The Labute approximate surface area is 126 Å². The molecule has 1 fully saturated rings. The van der Waals surface area contributed by atoms with Crippen molar-refractivity contribution in [1.82, 2.24) is 9.88 Å². The third kappa shape index (κ3) is 3.32. The largest absolute Gasteiger partial charge is 0.338 e. The van der Waals surface area contributed by atoms with Crippen molar-refractivity contribution >= 4 is 17.5 Å². The minimum atomic E-state index is 0.0827. The Balaban J connectivity index is 2.18. The second kappa shape index (κ2) is 6.13. The molecule has 1 aromatic rings. The van der Waals surface area contributed by atoms with Crippen molar-refractivity contribution in [1.29, 1.82) is 0 Å². The minimum Gasteiger partial charge on any atom is -0.338 e. The van der Waals surface area contributed by atoms with Gasteiger partial charge in [-0.1, -0.05) is 39.3 Å². The molecule has 2 rings (SSSR count). The maximum atomic E-state index is 12.6. The van der Waals surface area contributed by atoms with Gasteiger partial charge >= 0.3 is 0 Å². The van der Waals surface area contributed by atoms with Crippen LogP contribution in [0.25, 0.3) is 0 Å². The quantitative estimate of drug-likeness (QED) is 0.790. The smallest absolute Gasteiger partial charge is 0.254 e. The van der Waals surface area contributed by atoms with E-state index in [9.17, 15) is 4.79 Å². The van der Waals surface area contributed by atoms with Crippen LogP contribution in [0.4, 0.5) is 0 Å². The molecule has 4 heteroatoms. The molecule has 0 aromatic carbocycles. The summed E-state index contributed by atoms with van der Waals surface area (Å²) < 4.78 is 0. The summed E-state index contributed by atoms with van der Waals surface area (Å²) in [5.41, 5.74) is 1.54. The van der Waals surface area contributed by atoms with Gasteiger partial charge in [0, 0.05) is 24.3 Å². The van der Waals surface area contributed by atoms with E-state index in [0.717, 1.165) is 25.2 Å². The summed E-state index contributed by atoms with van der Waals surface area (Å²) in [5, 5.41) is 0.402. The molecule has 1 atom stereocenters. The maximum Gasteiger partial charge on any atom is 0.254 e. The lowest BCUT2D eigenvalue weighted by atomic mass is 9.95. The standard InChI is InChI=1S/C16H23ClN2O/c1-10(2)12-5-6-19(9-12)16(20)13-7-14(11(3)4)18-15(17)8-13/h7-8,10-12H,5-6,9H2,1-4H3. The second-order valence-corrected chi connectivity index (χ2v) is 6.69. The Bertz CT molecular complexity index is 499. The van der Waals surface area contributed by atoms with E-state index in [1.165, 1.54) is 0 Å². The van der Waals surface area contributed by atoms with E-state index in [4.69, 9.17) is 11.6 Å². The highest BCUT2D eigenvalue weighted by Crippen LogP contribution is 2.26. The number of likely N-dealkylation sites (tertiary alicyclic amines) is 1. The summed E-state index contributed by atoms with van der Waals surface area (Å²) in [7, 11) is 0. The van der Waals surface area contributed by atoms with Crippen molar-refractivity contribution in [3.8, 4) is 0 Å².